The second-order valence-electron chi connectivity index (χ2n) is 3.09. The molecule has 0 aliphatic carbocycles. The molecule has 0 atom stereocenters. The zero-order valence-corrected chi connectivity index (χ0v) is 7.61. The molecule has 1 aromatic carbocycles. The van der Waals surface area contributed by atoms with Gasteiger partial charge in [0.1, 0.15) is 11.3 Å². The lowest BCUT2D eigenvalue weighted by Crippen LogP contribution is -1.80. The summed E-state index contributed by atoms with van der Waals surface area (Å²) in [6.45, 7) is 0. The van der Waals surface area contributed by atoms with E-state index < -0.39 is 0 Å². The van der Waals surface area contributed by atoms with Gasteiger partial charge >= 0.3 is 0 Å². The van der Waals surface area contributed by atoms with Crippen LogP contribution in [0, 0.1) is 0 Å². The first kappa shape index (κ1) is 7.50. The highest BCUT2D eigenvalue weighted by atomic mass is 16.5. The predicted molar refractivity (Wildman–Crippen MR) is 52.5 cm³/mol. The van der Waals surface area contributed by atoms with Crippen LogP contribution in [0.4, 0.5) is 0 Å². The zero-order valence-electron chi connectivity index (χ0n) is 7.61. The van der Waals surface area contributed by atoms with E-state index in [-0.39, 0.29) is 0 Å². The average Bonchev–Trinajstić information content (AvgIpc) is 2.75. The molecule has 0 unspecified atom stereocenters. The van der Waals surface area contributed by atoms with Crippen molar-refractivity contribution in [3.05, 3.63) is 30.5 Å². The Morgan fingerprint density at radius 2 is 2.07 bits per heavy atom. The summed E-state index contributed by atoms with van der Waals surface area (Å²) in [5.41, 5.74) is 0.790. The Balaban J connectivity index is 2.43. The molecular formula is C11H8O3. The minimum absolute atomic E-state index is 0.563. The van der Waals surface area contributed by atoms with Crippen LogP contribution in [0.5, 0.6) is 5.75 Å². The largest absolute Gasteiger partial charge is 0.497 e. The molecule has 0 saturated carbocycles. The molecule has 2 aromatic heterocycles. The van der Waals surface area contributed by atoms with E-state index in [9.17, 15) is 0 Å². The monoisotopic (exact) mass is 188 g/mol. The van der Waals surface area contributed by atoms with Gasteiger partial charge in [-0.3, -0.25) is 0 Å². The van der Waals surface area contributed by atoms with E-state index in [1.807, 2.05) is 24.3 Å². The summed E-state index contributed by atoms with van der Waals surface area (Å²) in [4.78, 5) is 0. The minimum atomic E-state index is 0.563. The predicted octanol–water partition coefficient (Wildman–Crippen LogP) is 3.19. The Morgan fingerprint density at radius 1 is 1.14 bits per heavy atom. The Kier molecular flexibility index (Phi) is 1.36. The molecule has 3 nitrogen and oxygen atoms in total. The number of benzene rings is 1. The van der Waals surface area contributed by atoms with Crippen LogP contribution in [-0.4, -0.2) is 7.11 Å². The van der Waals surface area contributed by atoms with Gasteiger partial charge in [0.15, 0.2) is 0 Å². The Morgan fingerprint density at radius 3 is 2.93 bits per heavy atom. The highest BCUT2D eigenvalue weighted by Gasteiger charge is 2.09. The zero-order chi connectivity index (χ0) is 9.54. The second-order valence-corrected chi connectivity index (χ2v) is 3.09. The Labute approximate surface area is 79.9 Å². The number of fused-ring (bicyclic) bond motifs is 3. The molecule has 14 heavy (non-hydrogen) atoms. The van der Waals surface area contributed by atoms with Crippen molar-refractivity contribution >= 4 is 22.1 Å². The summed E-state index contributed by atoms with van der Waals surface area (Å²) in [5.74, 6) is 1.35. The van der Waals surface area contributed by atoms with Gasteiger partial charge in [0, 0.05) is 11.5 Å². The minimum Gasteiger partial charge on any atom is -0.497 e. The van der Waals surface area contributed by atoms with Crippen molar-refractivity contribution in [2.24, 2.45) is 0 Å². The van der Waals surface area contributed by atoms with Gasteiger partial charge in [0.25, 0.3) is 5.78 Å². The van der Waals surface area contributed by atoms with Crippen LogP contribution in [0.1, 0.15) is 0 Å². The van der Waals surface area contributed by atoms with Gasteiger partial charge in [-0.05, 0) is 18.2 Å². The molecular weight excluding hydrogens is 180 g/mol. The average molecular weight is 188 g/mol. The molecule has 0 spiro atoms. The molecule has 0 saturated heterocycles. The fourth-order valence-electron chi connectivity index (χ4n) is 1.61. The first-order chi connectivity index (χ1) is 6.88. The van der Waals surface area contributed by atoms with E-state index in [2.05, 4.69) is 0 Å². The molecule has 0 bridgehead atoms. The molecule has 0 N–H and O–H groups in total. The van der Waals surface area contributed by atoms with E-state index in [0.29, 0.717) is 5.78 Å². The lowest BCUT2D eigenvalue weighted by Gasteiger charge is -1.96. The summed E-state index contributed by atoms with van der Waals surface area (Å²) in [5, 5.41) is 2.05. The highest BCUT2D eigenvalue weighted by Crippen LogP contribution is 2.31. The first-order valence-corrected chi connectivity index (χ1v) is 4.32. The second kappa shape index (κ2) is 2.54. The van der Waals surface area contributed by atoms with E-state index in [4.69, 9.17) is 13.6 Å². The van der Waals surface area contributed by atoms with Crippen LogP contribution in [0.25, 0.3) is 22.1 Å². The quantitative estimate of drug-likeness (QED) is 0.588. The van der Waals surface area contributed by atoms with Crippen LogP contribution in [-0.2, 0) is 0 Å². The fraction of sp³-hybridized carbons (Fsp3) is 0.0909. The van der Waals surface area contributed by atoms with Crippen LogP contribution in [0.3, 0.4) is 0 Å². The molecule has 2 heterocycles. The fourth-order valence-corrected chi connectivity index (χ4v) is 1.61. The summed E-state index contributed by atoms with van der Waals surface area (Å²) >= 11 is 0. The van der Waals surface area contributed by atoms with Crippen molar-refractivity contribution in [2.45, 2.75) is 0 Å². The number of methoxy groups -OCH3 is 1. The van der Waals surface area contributed by atoms with Crippen molar-refractivity contribution in [1.82, 2.24) is 0 Å². The van der Waals surface area contributed by atoms with E-state index in [0.717, 1.165) is 22.1 Å². The van der Waals surface area contributed by atoms with E-state index in [1.165, 1.54) is 0 Å². The van der Waals surface area contributed by atoms with E-state index in [1.54, 1.807) is 13.4 Å². The van der Waals surface area contributed by atoms with Crippen LogP contribution < -0.4 is 4.74 Å². The van der Waals surface area contributed by atoms with Crippen LogP contribution >= 0.6 is 0 Å². The normalized spacial score (nSPS) is 11.2. The third kappa shape index (κ3) is 0.865. The lowest BCUT2D eigenvalue weighted by molar-refractivity contribution is 0.414. The number of furan rings is 2. The van der Waals surface area contributed by atoms with Crippen LogP contribution in [0.15, 0.2) is 39.4 Å². The van der Waals surface area contributed by atoms with E-state index >= 15 is 0 Å². The van der Waals surface area contributed by atoms with Gasteiger partial charge in [-0.1, -0.05) is 0 Å². The smallest absolute Gasteiger partial charge is 0.298 e. The standard InChI is InChI=1S/C11H8O3/c1-12-7-2-3-8-9-4-5-13-11(9)14-10(8)6-7/h2-6H,1H3. The van der Waals surface area contributed by atoms with Crippen molar-refractivity contribution in [3.8, 4) is 5.75 Å². The maximum atomic E-state index is 5.49. The first-order valence-electron chi connectivity index (χ1n) is 4.32. The number of hydrogen-bond acceptors (Lipinski definition) is 3. The molecule has 3 heteroatoms. The van der Waals surface area contributed by atoms with Crippen molar-refractivity contribution < 1.29 is 13.6 Å². The lowest BCUT2D eigenvalue weighted by atomic mass is 10.2. The summed E-state index contributed by atoms with van der Waals surface area (Å²) < 4.78 is 15.8. The Hall–Kier alpha value is -1.90. The van der Waals surface area contributed by atoms with Gasteiger partial charge in [-0.15, -0.1) is 0 Å². The van der Waals surface area contributed by atoms with Crippen molar-refractivity contribution in [3.63, 3.8) is 0 Å². The summed E-state index contributed by atoms with van der Waals surface area (Å²) in [6.07, 6.45) is 1.62. The van der Waals surface area contributed by atoms with Gasteiger partial charge in [0.2, 0.25) is 0 Å². The molecule has 0 amide bonds. The summed E-state index contributed by atoms with van der Waals surface area (Å²) in [7, 11) is 1.63. The highest BCUT2D eigenvalue weighted by molar-refractivity contribution is 6.03. The number of ether oxygens (including phenoxy) is 1. The van der Waals surface area contributed by atoms with Gasteiger partial charge in [-0.2, -0.15) is 0 Å². The maximum Gasteiger partial charge on any atom is 0.298 e. The molecule has 70 valence electrons. The molecule has 0 aliphatic heterocycles. The SMILES string of the molecule is COc1ccc2c(c1)oc1occc12. The third-order valence-electron chi connectivity index (χ3n) is 2.31. The molecule has 3 aromatic rings. The molecule has 0 fully saturated rings. The Bertz CT molecular complexity index is 589. The van der Waals surface area contributed by atoms with Gasteiger partial charge in [-0.25, -0.2) is 0 Å². The third-order valence-corrected chi connectivity index (χ3v) is 2.31. The van der Waals surface area contributed by atoms with Crippen molar-refractivity contribution in [1.29, 1.82) is 0 Å². The van der Waals surface area contributed by atoms with Gasteiger partial charge < -0.3 is 13.6 Å². The van der Waals surface area contributed by atoms with Gasteiger partial charge in [0.05, 0.1) is 18.8 Å². The topological polar surface area (TPSA) is 35.5 Å². The summed E-state index contributed by atoms with van der Waals surface area (Å²) in [6, 6.07) is 7.62. The maximum absolute atomic E-state index is 5.49. The molecule has 0 radical (unpaired) electrons. The van der Waals surface area contributed by atoms with Crippen LogP contribution in [0.2, 0.25) is 0 Å². The number of rotatable bonds is 1. The number of hydrogen-bond donors (Lipinski definition) is 0. The molecule has 3 rings (SSSR count). The van der Waals surface area contributed by atoms with Crippen molar-refractivity contribution in [2.75, 3.05) is 7.11 Å². The molecule has 0 aliphatic rings.